The average molecular weight is 173 g/mol. The molecular formula is C6H7NO3S. The number of aryl methyl sites for hydroxylation is 1. The van der Waals surface area contributed by atoms with Gasteiger partial charge in [0.05, 0.1) is 0 Å². The molecular weight excluding hydrogens is 166 g/mol. The second kappa shape index (κ2) is 2.60. The monoisotopic (exact) mass is 173 g/mol. The van der Waals surface area contributed by atoms with Gasteiger partial charge in [-0.15, -0.1) is 0 Å². The zero-order chi connectivity index (χ0) is 8.48. The molecule has 0 bridgehead atoms. The van der Waals surface area contributed by atoms with Gasteiger partial charge in [0.15, 0.2) is 5.03 Å². The third-order valence-electron chi connectivity index (χ3n) is 1.21. The fourth-order valence-electron chi connectivity index (χ4n) is 0.741. The molecule has 1 heterocycles. The molecule has 0 radical (unpaired) electrons. The fourth-order valence-corrected chi connectivity index (χ4v) is 1.41. The minimum absolute atomic E-state index is 0.278. The van der Waals surface area contributed by atoms with Crippen LogP contribution in [0.1, 0.15) is 5.56 Å². The molecule has 0 aromatic carbocycles. The summed E-state index contributed by atoms with van der Waals surface area (Å²) in [6.45, 7) is 1.57. The van der Waals surface area contributed by atoms with Crippen molar-refractivity contribution >= 4 is 10.1 Å². The standard InChI is InChI=1S/C6H7NO3S/c1-5-3-2-4-7-6(5)11(8,9)10/h2-4H,1H3,(H,8,9,10). The van der Waals surface area contributed by atoms with Gasteiger partial charge in [0.2, 0.25) is 0 Å². The van der Waals surface area contributed by atoms with Gasteiger partial charge in [0.25, 0.3) is 0 Å². The van der Waals surface area contributed by atoms with E-state index < -0.39 is 10.1 Å². The summed E-state index contributed by atoms with van der Waals surface area (Å²) in [4.78, 5) is 3.51. The Balaban J connectivity index is 3.37. The quantitative estimate of drug-likeness (QED) is 0.633. The Morgan fingerprint density at radius 1 is 1.55 bits per heavy atom. The van der Waals surface area contributed by atoms with E-state index in [1.165, 1.54) is 6.20 Å². The topological polar surface area (TPSA) is 67.3 Å². The van der Waals surface area contributed by atoms with E-state index >= 15 is 0 Å². The first kappa shape index (κ1) is 8.16. The zero-order valence-electron chi connectivity index (χ0n) is 5.85. The smallest absolute Gasteiger partial charge is 0.281 e. The molecule has 0 aliphatic carbocycles. The van der Waals surface area contributed by atoms with Crippen molar-refractivity contribution in [2.75, 3.05) is 0 Å². The van der Waals surface area contributed by atoms with Gasteiger partial charge in [-0.3, -0.25) is 4.55 Å². The van der Waals surface area contributed by atoms with Gasteiger partial charge in [0.1, 0.15) is 0 Å². The number of rotatable bonds is 1. The van der Waals surface area contributed by atoms with E-state index in [0.29, 0.717) is 5.56 Å². The van der Waals surface area contributed by atoms with Crippen LogP contribution in [0.5, 0.6) is 0 Å². The lowest BCUT2D eigenvalue weighted by Crippen LogP contribution is -2.02. The van der Waals surface area contributed by atoms with Gasteiger partial charge in [-0.1, -0.05) is 6.07 Å². The van der Waals surface area contributed by atoms with Crippen LogP contribution in [0.3, 0.4) is 0 Å². The van der Waals surface area contributed by atoms with Gasteiger partial charge >= 0.3 is 10.1 Å². The second-order valence-corrected chi connectivity index (χ2v) is 3.44. The molecule has 4 nitrogen and oxygen atoms in total. The van der Waals surface area contributed by atoms with Crippen molar-refractivity contribution in [3.8, 4) is 0 Å². The summed E-state index contributed by atoms with van der Waals surface area (Å²) < 4.78 is 29.7. The van der Waals surface area contributed by atoms with Crippen molar-refractivity contribution in [3.63, 3.8) is 0 Å². The molecule has 0 unspecified atom stereocenters. The van der Waals surface area contributed by atoms with Crippen LogP contribution < -0.4 is 0 Å². The minimum atomic E-state index is -4.14. The second-order valence-electron chi connectivity index (χ2n) is 2.10. The van der Waals surface area contributed by atoms with Crippen LogP contribution in [0.4, 0.5) is 0 Å². The predicted molar refractivity (Wildman–Crippen MR) is 38.8 cm³/mol. The maximum atomic E-state index is 10.5. The highest BCUT2D eigenvalue weighted by atomic mass is 32.2. The summed E-state index contributed by atoms with van der Waals surface area (Å²) in [7, 11) is -4.14. The van der Waals surface area contributed by atoms with E-state index in [1.807, 2.05) is 0 Å². The van der Waals surface area contributed by atoms with Crippen molar-refractivity contribution in [3.05, 3.63) is 23.9 Å². The molecule has 5 heteroatoms. The van der Waals surface area contributed by atoms with Crippen LogP contribution in [0, 0.1) is 6.92 Å². The van der Waals surface area contributed by atoms with E-state index in [0.717, 1.165) is 0 Å². The summed E-state index contributed by atoms with van der Waals surface area (Å²) in [5, 5.41) is -0.278. The maximum absolute atomic E-state index is 10.5. The highest BCUT2D eigenvalue weighted by Crippen LogP contribution is 2.08. The summed E-state index contributed by atoms with van der Waals surface area (Å²) in [6.07, 6.45) is 1.32. The molecule has 0 saturated heterocycles. The normalized spacial score (nSPS) is 11.5. The Hall–Kier alpha value is -0.940. The molecule has 0 aliphatic rings. The Kier molecular flexibility index (Phi) is 1.92. The van der Waals surface area contributed by atoms with Crippen molar-refractivity contribution in [2.45, 2.75) is 11.9 Å². The summed E-state index contributed by atoms with van der Waals surface area (Å²) in [5.74, 6) is 0. The lowest BCUT2D eigenvalue weighted by molar-refractivity contribution is 0.478. The molecule has 0 aliphatic heterocycles. The Morgan fingerprint density at radius 3 is 2.55 bits per heavy atom. The van der Waals surface area contributed by atoms with Gasteiger partial charge < -0.3 is 0 Å². The first-order chi connectivity index (χ1) is 5.02. The van der Waals surface area contributed by atoms with Crippen LogP contribution in [0.25, 0.3) is 0 Å². The van der Waals surface area contributed by atoms with E-state index in [1.54, 1.807) is 19.1 Å². The molecule has 1 aromatic heterocycles. The summed E-state index contributed by atoms with van der Waals surface area (Å²) in [6, 6.07) is 3.17. The Labute approximate surface area is 64.6 Å². The number of hydrogen-bond acceptors (Lipinski definition) is 3. The molecule has 0 atom stereocenters. The van der Waals surface area contributed by atoms with Gasteiger partial charge in [0, 0.05) is 6.20 Å². The molecule has 11 heavy (non-hydrogen) atoms. The fraction of sp³-hybridized carbons (Fsp3) is 0.167. The lowest BCUT2D eigenvalue weighted by Gasteiger charge is -1.97. The van der Waals surface area contributed by atoms with Crippen molar-refractivity contribution in [1.29, 1.82) is 0 Å². The van der Waals surface area contributed by atoms with Gasteiger partial charge in [-0.25, -0.2) is 4.98 Å². The molecule has 1 rings (SSSR count). The molecule has 0 fully saturated rings. The van der Waals surface area contributed by atoms with Crippen LogP contribution >= 0.6 is 0 Å². The summed E-state index contributed by atoms with van der Waals surface area (Å²) >= 11 is 0. The molecule has 0 amide bonds. The van der Waals surface area contributed by atoms with E-state index in [4.69, 9.17) is 4.55 Å². The molecule has 0 spiro atoms. The SMILES string of the molecule is Cc1cccnc1S(=O)(=O)O. The van der Waals surface area contributed by atoms with Crippen LogP contribution in [-0.2, 0) is 10.1 Å². The van der Waals surface area contributed by atoms with Crippen molar-refractivity contribution in [1.82, 2.24) is 4.98 Å². The molecule has 1 aromatic rings. The first-order valence-electron chi connectivity index (χ1n) is 2.91. The molecule has 60 valence electrons. The largest absolute Gasteiger partial charge is 0.312 e. The third-order valence-corrected chi connectivity index (χ3v) is 2.12. The number of nitrogens with zero attached hydrogens (tertiary/aromatic N) is 1. The molecule has 1 N–H and O–H groups in total. The zero-order valence-corrected chi connectivity index (χ0v) is 6.67. The highest BCUT2D eigenvalue weighted by Gasteiger charge is 2.12. The van der Waals surface area contributed by atoms with Gasteiger partial charge in [-0.05, 0) is 18.6 Å². The van der Waals surface area contributed by atoms with Gasteiger partial charge in [-0.2, -0.15) is 8.42 Å². The number of aromatic nitrogens is 1. The van der Waals surface area contributed by atoms with E-state index in [2.05, 4.69) is 4.98 Å². The van der Waals surface area contributed by atoms with E-state index in [9.17, 15) is 8.42 Å². The molecule has 0 saturated carbocycles. The van der Waals surface area contributed by atoms with Crippen LogP contribution in [0.15, 0.2) is 23.4 Å². The third kappa shape index (κ3) is 1.75. The number of pyridine rings is 1. The lowest BCUT2D eigenvalue weighted by atomic mass is 10.3. The van der Waals surface area contributed by atoms with Crippen molar-refractivity contribution < 1.29 is 13.0 Å². The van der Waals surface area contributed by atoms with Crippen LogP contribution in [0.2, 0.25) is 0 Å². The number of hydrogen-bond donors (Lipinski definition) is 1. The Morgan fingerprint density at radius 2 is 2.18 bits per heavy atom. The van der Waals surface area contributed by atoms with Crippen LogP contribution in [-0.4, -0.2) is 18.0 Å². The predicted octanol–water partition coefficient (Wildman–Crippen LogP) is 0.637. The van der Waals surface area contributed by atoms with E-state index in [-0.39, 0.29) is 5.03 Å². The maximum Gasteiger partial charge on any atom is 0.312 e. The van der Waals surface area contributed by atoms with Crippen molar-refractivity contribution in [2.24, 2.45) is 0 Å². The average Bonchev–Trinajstić information content (AvgIpc) is 1.86. The Bertz CT molecular complexity index is 358. The highest BCUT2D eigenvalue weighted by molar-refractivity contribution is 7.85. The minimum Gasteiger partial charge on any atom is -0.281 e. The first-order valence-corrected chi connectivity index (χ1v) is 4.35. The summed E-state index contributed by atoms with van der Waals surface area (Å²) in [5.41, 5.74) is 0.440.